The van der Waals surface area contributed by atoms with Crippen molar-refractivity contribution >= 4 is 77.0 Å². The monoisotopic (exact) mass is 1310 g/mol. The van der Waals surface area contributed by atoms with Gasteiger partial charge in [0.25, 0.3) is 0 Å². The standard InChI is InChI=1S/C62H89N19O13/c63-41(20-10-24-70-60(64)65)51(85)75-42(21-11-25-71-61(66)67)55(89)78-27-13-23-46(78)57(91)81-35-40(83)33-48(81)53(87)73-34-50(84)74-44(30-37-14-4-1-5-15-37)52(86)77-45(36-82)56(90)80-29-28-79(58(92)49(80)32-39-18-8-3-9-19-39)47(31-38-16-6-2-7-17-38)54(88)76-43(59(93)94)22-12-26-72-62(68)69/h1-9,14-19,40-49,82-83H,10-13,20-36,63H2,(H,73,87)(H,74,84)(H,75,85)(H,76,88)(H,77,86)(H,93,94)(H4,64,65,70)(H4,66,67,71)(H4,68,69,72)/t40?,41-,42+,43+,44+,45+,46+,47-,48+,49-/m1/s1. The summed E-state index contributed by atoms with van der Waals surface area (Å²) in [4.78, 5) is 158. The first-order valence-corrected chi connectivity index (χ1v) is 31.2. The van der Waals surface area contributed by atoms with Gasteiger partial charge in [0.05, 0.1) is 25.3 Å². The summed E-state index contributed by atoms with van der Waals surface area (Å²) in [5, 5.41) is 44.9. The van der Waals surface area contributed by atoms with Gasteiger partial charge in [0.1, 0.15) is 48.3 Å². The zero-order valence-electron chi connectivity index (χ0n) is 52.4. The molecule has 3 aromatic rings. The van der Waals surface area contributed by atoms with E-state index in [1.54, 1.807) is 91.0 Å². The molecule has 3 aromatic carbocycles. The van der Waals surface area contributed by atoms with Gasteiger partial charge in [-0.05, 0) is 68.1 Å². The molecule has 3 fully saturated rings. The second-order valence-electron chi connectivity index (χ2n) is 23.2. The average Bonchev–Trinajstić information content (AvgIpc) is 1.22. The largest absolute Gasteiger partial charge is 0.480 e. The molecule has 3 saturated heterocycles. The van der Waals surface area contributed by atoms with E-state index in [0.717, 1.165) is 4.90 Å². The van der Waals surface area contributed by atoms with E-state index in [-0.39, 0.29) is 128 Å². The summed E-state index contributed by atoms with van der Waals surface area (Å²) < 4.78 is 0. The molecule has 94 heavy (non-hydrogen) atoms. The minimum atomic E-state index is -1.69. The molecule has 0 saturated carbocycles. The first kappa shape index (κ1) is 73.1. The van der Waals surface area contributed by atoms with Crippen molar-refractivity contribution < 1.29 is 63.3 Å². The number of aliphatic hydroxyl groups is 2. The van der Waals surface area contributed by atoms with Gasteiger partial charge < -0.3 is 102 Å². The van der Waals surface area contributed by atoms with Crippen LogP contribution in [0.15, 0.2) is 106 Å². The summed E-state index contributed by atoms with van der Waals surface area (Å²) >= 11 is 0. The number of likely N-dealkylation sites (tertiary alicyclic amines) is 2. The molecule has 9 amide bonds. The number of aliphatic hydroxyl groups excluding tert-OH is 2. The zero-order valence-corrected chi connectivity index (χ0v) is 52.4. The Morgan fingerprint density at radius 3 is 1.66 bits per heavy atom. The van der Waals surface area contributed by atoms with Crippen molar-refractivity contribution in [2.75, 3.05) is 59.0 Å². The van der Waals surface area contributed by atoms with Gasteiger partial charge in [0.15, 0.2) is 17.9 Å². The van der Waals surface area contributed by atoms with Crippen LogP contribution in [0.5, 0.6) is 0 Å². The Hall–Kier alpha value is -9.95. The lowest BCUT2D eigenvalue weighted by atomic mass is 9.96. The molecule has 1 unspecified atom stereocenters. The molecule has 0 spiro atoms. The molecular formula is C62H89N19O13. The Bertz CT molecular complexity index is 3170. The number of benzene rings is 3. The number of aliphatic imine (C=N–C) groups is 3. The Morgan fingerprint density at radius 1 is 0.574 bits per heavy atom. The number of nitrogens with one attached hydrogen (secondary N) is 5. The topological polar surface area (TPSA) is 524 Å². The molecular weight excluding hydrogens is 1220 g/mol. The summed E-state index contributed by atoms with van der Waals surface area (Å²) in [6.07, 6.45) is -0.0941. The van der Waals surface area contributed by atoms with Gasteiger partial charge in [-0.1, -0.05) is 91.0 Å². The number of hydrogen-bond donors (Lipinski definition) is 15. The summed E-state index contributed by atoms with van der Waals surface area (Å²) in [5.41, 5.74) is 40.7. The van der Waals surface area contributed by atoms with Crippen molar-refractivity contribution in [2.45, 2.75) is 138 Å². The Morgan fingerprint density at radius 2 is 1.10 bits per heavy atom. The lowest BCUT2D eigenvalue weighted by molar-refractivity contribution is -0.158. The molecule has 0 aliphatic carbocycles. The minimum absolute atomic E-state index is 0.0393. The number of carboxylic acid groups (broad SMARTS) is 1. The third-order valence-electron chi connectivity index (χ3n) is 16.3. The first-order chi connectivity index (χ1) is 44.9. The number of amides is 9. The highest BCUT2D eigenvalue weighted by molar-refractivity contribution is 5.99. The molecule has 510 valence electrons. The van der Waals surface area contributed by atoms with Crippen molar-refractivity contribution in [3.05, 3.63) is 108 Å². The van der Waals surface area contributed by atoms with Gasteiger partial charge in [-0.2, -0.15) is 0 Å². The third kappa shape index (κ3) is 21.9. The fourth-order valence-electron chi connectivity index (χ4n) is 11.5. The Balaban J connectivity index is 1.15. The summed E-state index contributed by atoms with van der Waals surface area (Å²) in [7, 11) is 0. The number of β-amino-alcohol motifs (C(OH)–C–C–N with tert-alkyl or cyclic N) is 1. The molecule has 3 aliphatic heterocycles. The third-order valence-corrected chi connectivity index (χ3v) is 16.3. The van der Waals surface area contributed by atoms with Gasteiger partial charge in [-0.3, -0.25) is 58.1 Å². The first-order valence-electron chi connectivity index (χ1n) is 31.2. The Kier molecular flexibility index (Phi) is 28.3. The van der Waals surface area contributed by atoms with Crippen molar-refractivity contribution in [1.82, 2.24) is 46.2 Å². The van der Waals surface area contributed by atoms with E-state index in [1.807, 2.05) is 0 Å². The normalized spacial score (nSPS) is 18.8. The predicted octanol–water partition coefficient (Wildman–Crippen LogP) is -5.30. The summed E-state index contributed by atoms with van der Waals surface area (Å²) in [5.74, 6) is -8.69. The number of rotatable bonds is 34. The fraction of sp³-hybridized carbons (Fsp3) is 0.500. The summed E-state index contributed by atoms with van der Waals surface area (Å²) in [6.45, 7) is -1.89. The fourth-order valence-corrected chi connectivity index (χ4v) is 11.5. The van der Waals surface area contributed by atoms with Crippen LogP contribution < -0.4 is 66.7 Å². The van der Waals surface area contributed by atoms with E-state index >= 15 is 4.79 Å². The highest BCUT2D eigenvalue weighted by Gasteiger charge is 2.47. The number of carbonyl (C=O) groups excluding carboxylic acids is 9. The van der Waals surface area contributed by atoms with E-state index < -0.39 is 133 Å². The van der Waals surface area contributed by atoms with Crippen LogP contribution in [0.4, 0.5) is 0 Å². The number of carboxylic acids is 1. The number of aliphatic carboxylic acids is 1. The molecule has 10 atom stereocenters. The van der Waals surface area contributed by atoms with Crippen LogP contribution in [0.3, 0.4) is 0 Å². The molecule has 3 aliphatic rings. The van der Waals surface area contributed by atoms with Crippen LogP contribution in [0.2, 0.25) is 0 Å². The number of hydrogen-bond acceptors (Lipinski definition) is 16. The Labute approximate surface area is 543 Å². The van der Waals surface area contributed by atoms with Crippen LogP contribution in [-0.2, 0) is 67.2 Å². The van der Waals surface area contributed by atoms with Gasteiger partial charge in [-0.25, -0.2) is 4.79 Å². The van der Waals surface area contributed by atoms with E-state index in [4.69, 9.17) is 40.1 Å². The van der Waals surface area contributed by atoms with Gasteiger partial charge in [0.2, 0.25) is 53.2 Å². The van der Waals surface area contributed by atoms with Crippen LogP contribution in [0.25, 0.3) is 0 Å². The van der Waals surface area contributed by atoms with Crippen LogP contribution in [-0.4, -0.2) is 231 Å². The smallest absolute Gasteiger partial charge is 0.326 e. The highest BCUT2D eigenvalue weighted by atomic mass is 16.4. The lowest BCUT2D eigenvalue weighted by Crippen LogP contribution is -2.67. The average molecular weight is 1310 g/mol. The van der Waals surface area contributed by atoms with Gasteiger partial charge >= 0.3 is 5.97 Å². The van der Waals surface area contributed by atoms with E-state index in [1.165, 1.54) is 14.7 Å². The summed E-state index contributed by atoms with van der Waals surface area (Å²) in [6, 6.07) is 14.2. The number of piperazine rings is 1. The predicted molar refractivity (Wildman–Crippen MR) is 345 cm³/mol. The molecule has 32 heteroatoms. The van der Waals surface area contributed by atoms with E-state index in [0.29, 0.717) is 29.5 Å². The lowest BCUT2D eigenvalue weighted by Gasteiger charge is -2.44. The molecule has 6 rings (SSSR count). The zero-order chi connectivity index (χ0) is 68.4. The van der Waals surface area contributed by atoms with Crippen LogP contribution >= 0.6 is 0 Å². The van der Waals surface area contributed by atoms with Gasteiger partial charge in [-0.15, -0.1) is 0 Å². The number of nitrogens with two attached hydrogens (primary N) is 7. The molecule has 32 nitrogen and oxygen atoms in total. The quantitative estimate of drug-likeness (QED) is 0.0151. The number of nitrogens with zero attached hydrogens (tertiary/aromatic N) is 7. The maximum atomic E-state index is 15.1. The maximum Gasteiger partial charge on any atom is 0.326 e. The second-order valence-corrected chi connectivity index (χ2v) is 23.2. The van der Waals surface area contributed by atoms with Crippen molar-refractivity contribution in [1.29, 1.82) is 0 Å². The van der Waals surface area contributed by atoms with E-state index in [9.17, 15) is 58.5 Å². The molecule has 0 aromatic heterocycles. The van der Waals surface area contributed by atoms with E-state index in [2.05, 4.69) is 41.6 Å². The number of guanidine groups is 3. The van der Waals surface area contributed by atoms with Crippen molar-refractivity contribution in [2.24, 2.45) is 55.1 Å². The molecule has 0 bridgehead atoms. The SMILES string of the molecule is NC(N)=NCCC[C@@H](N)C(=O)N[C@@H](CCCN=C(N)N)C(=O)N1CCC[C@H]1C(=O)N1CC(O)C[C@H]1C(=O)NCC(=O)N[C@@H](Cc1ccccc1)C(=O)N[C@@H](CO)C(=O)N1CCN([C@H](Cc2ccccc2)C(=O)N[C@@H](CCCN=C(N)N)C(=O)O)C(=O)[C@H]1Cc1ccccc1. The highest BCUT2D eigenvalue weighted by Crippen LogP contribution is 2.27. The van der Waals surface area contributed by atoms with Crippen LogP contribution in [0, 0.1) is 0 Å². The van der Waals surface area contributed by atoms with Gasteiger partial charge in [0, 0.05) is 71.5 Å². The maximum absolute atomic E-state index is 15.1. The molecule has 0 radical (unpaired) electrons. The van der Waals surface area contributed by atoms with Crippen molar-refractivity contribution in [3.8, 4) is 0 Å². The van der Waals surface area contributed by atoms with Crippen LogP contribution in [0.1, 0.15) is 74.5 Å². The van der Waals surface area contributed by atoms with Crippen molar-refractivity contribution in [3.63, 3.8) is 0 Å². The minimum Gasteiger partial charge on any atom is -0.480 e. The molecule has 22 N–H and O–H groups in total. The molecule has 3 heterocycles. The number of carbonyl (C=O) groups is 10. The second kappa shape index (κ2) is 36.3.